The molecular weight excluding hydrogens is 144 g/mol. The highest BCUT2D eigenvalue weighted by atomic mass is 14.4. The summed E-state index contributed by atoms with van der Waals surface area (Å²) >= 11 is 0. The Morgan fingerprint density at radius 2 is 1.92 bits per heavy atom. The summed E-state index contributed by atoms with van der Waals surface area (Å²) in [6.07, 6.45) is 10.6. The summed E-state index contributed by atoms with van der Waals surface area (Å²) < 4.78 is 0. The van der Waals surface area contributed by atoms with Gasteiger partial charge in [-0.15, -0.1) is 0 Å². The summed E-state index contributed by atoms with van der Waals surface area (Å²) in [7, 11) is 0. The molecule has 2 aliphatic rings. The van der Waals surface area contributed by atoms with Crippen molar-refractivity contribution in [2.45, 2.75) is 46.5 Å². The standard InChI is InChI=1S/C10H16.C2H6/c1-8-4-2-5-9-6-3-7-10(8)9;1-2/h2,5,8-10H,3-4,6-7H2,1H3;1-2H3. The van der Waals surface area contributed by atoms with Gasteiger partial charge in [0.1, 0.15) is 0 Å². The van der Waals surface area contributed by atoms with Crippen LogP contribution in [0.15, 0.2) is 12.2 Å². The molecule has 0 bridgehead atoms. The molecule has 70 valence electrons. The van der Waals surface area contributed by atoms with Gasteiger partial charge >= 0.3 is 0 Å². The average Bonchev–Trinajstić information content (AvgIpc) is 2.57. The van der Waals surface area contributed by atoms with Crippen LogP contribution in [0.3, 0.4) is 0 Å². The molecule has 3 atom stereocenters. The van der Waals surface area contributed by atoms with Crippen LogP contribution < -0.4 is 0 Å². The van der Waals surface area contributed by atoms with E-state index in [1.54, 1.807) is 0 Å². The Hall–Kier alpha value is -0.260. The summed E-state index contributed by atoms with van der Waals surface area (Å²) in [4.78, 5) is 0. The van der Waals surface area contributed by atoms with Crippen LogP contribution in [0.4, 0.5) is 0 Å². The molecule has 12 heavy (non-hydrogen) atoms. The van der Waals surface area contributed by atoms with Crippen molar-refractivity contribution in [3.63, 3.8) is 0 Å². The zero-order chi connectivity index (χ0) is 8.97. The van der Waals surface area contributed by atoms with Gasteiger partial charge in [-0.1, -0.05) is 39.3 Å². The van der Waals surface area contributed by atoms with Gasteiger partial charge in [0.05, 0.1) is 0 Å². The summed E-state index contributed by atoms with van der Waals surface area (Å²) in [6.45, 7) is 6.41. The predicted octanol–water partition coefficient (Wildman–Crippen LogP) is 4.02. The topological polar surface area (TPSA) is 0 Å². The summed E-state index contributed by atoms with van der Waals surface area (Å²) in [5.41, 5.74) is 0. The fourth-order valence-corrected chi connectivity index (χ4v) is 2.61. The molecule has 2 aliphatic carbocycles. The SMILES string of the molecule is CC.CC1CC=CC2CCCC12. The van der Waals surface area contributed by atoms with Gasteiger partial charge in [0.25, 0.3) is 0 Å². The highest BCUT2D eigenvalue weighted by Gasteiger charge is 2.31. The van der Waals surface area contributed by atoms with Crippen LogP contribution in [-0.2, 0) is 0 Å². The van der Waals surface area contributed by atoms with Crippen LogP contribution in [0, 0.1) is 17.8 Å². The lowest BCUT2D eigenvalue weighted by Gasteiger charge is -2.26. The van der Waals surface area contributed by atoms with Gasteiger partial charge in [0.15, 0.2) is 0 Å². The van der Waals surface area contributed by atoms with Gasteiger partial charge < -0.3 is 0 Å². The second kappa shape index (κ2) is 4.69. The van der Waals surface area contributed by atoms with Crippen LogP contribution in [0.2, 0.25) is 0 Å². The number of hydrogen-bond donors (Lipinski definition) is 0. The van der Waals surface area contributed by atoms with E-state index in [-0.39, 0.29) is 0 Å². The number of rotatable bonds is 0. The van der Waals surface area contributed by atoms with E-state index in [0.29, 0.717) is 0 Å². The van der Waals surface area contributed by atoms with Crippen LogP contribution >= 0.6 is 0 Å². The van der Waals surface area contributed by atoms with E-state index < -0.39 is 0 Å². The Labute approximate surface area is 77.1 Å². The van der Waals surface area contributed by atoms with E-state index in [1.165, 1.54) is 25.7 Å². The van der Waals surface area contributed by atoms with Crippen LogP contribution in [0.25, 0.3) is 0 Å². The largest absolute Gasteiger partial charge is 0.0880 e. The van der Waals surface area contributed by atoms with Crippen molar-refractivity contribution in [3.8, 4) is 0 Å². The van der Waals surface area contributed by atoms with Crippen LogP contribution in [-0.4, -0.2) is 0 Å². The number of hydrogen-bond acceptors (Lipinski definition) is 0. The van der Waals surface area contributed by atoms with Crippen molar-refractivity contribution in [3.05, 3.63) is 12.2 Å². The molecule has 0 radical (unpaired) electrons. The minimum absolute atomic E-state index is 0.962. The van der Waals surface area contributed by atoms with Gasteiger partial charge in [-0.25, -0.2) is 0 Å². The second-order valence-electron chi connectivity index (χ2n) is 3.90. The Bertz CT molecular complexity index is 146. The summed E-state index contributed by atoms with van der Waals surface area (Å²) in [5, 5.41) is 0. The molecule has 0 heterocycles. The Morgan fingerprint density at radius 1 is 1.17 bits per heavy atom. The maximum atomic E-state index is 2.46. The average molecular weight is 166 g/mol. The molecule has 0 heteroatoms. The van der Waals surface area contributed by atoms with Crippen molar-refractivity contribution < 1.29 is 0 Å². The quantitative estimate of drug-likeness (QED) is 0.477. The third-order valence-electron chi connectivity index (χ3n) is 3.25. The van der Waals surface area contributed by atoms with Crippen molar-refractivity contribution in [1.29, 1.82) is 0 Å². The third kappa shape index (κ3) is 1.91. The van der Waals surface area contributed by atoms with E-state index in [0.717, 1.165) is 17.8 Å². The van der Waals surface area contributed by atoms with Crippen LogP contribution in [0.5, 0.6) is 0 Å². The van der Waals surface area contributed by atoms with Gasteiger partial charge in [0.2, 0.25) is 0 Å². The normalized spacial score (nSPS) is 38.4. The van der Waals surface area contributed by atoms with E-state index in [1.807, 2.05) is 13.8 Å². The third-order valence-corrected chi connectivity index (χ3v) is 3.25. The number of fused-ring (bicyclic) bond motifs is 1. The van der Waals surface area contributed by atoms with Gasteiger partial charge in [-0.3, -0.25) is 0 Å². The first-order valence-electron chi connectivity index (χ1n) is 5.54. The molecule has 0 spiro atoms. The number of allylic oxidation sites excluding steroid dienone is 2. The second-order valence-corrected chi connectivity index (χ2v) is 3.90. The maximum absolute atomic E-state index is 2.46. The first-order valence-corrected chi connectivity index (χ1v) is 5.54. The first-order chi connectivity index (χ1) is 5.88. The fourth-order valence-electron chi connectivity index (χ4n) is 2.61. The van der Waals surface area contributed by atoms with E-state index in [9.17, 15) is 0 Å². The monoisotopic (exact) mass is 166 g/mol. The highest BCUT2D eigenvalue weighted by molar-refractivity contribution is 5.01. The first kappa shape index (κ1) is 9.83. The lowest BCUT2D eigenvalue weighted by molar-refractivity contribution is 0.303. The minimum Gasteiger partial charge on any atom is -0.0880 e. The molecule has 0 N–H and O–H groups in total. The summed E-state index contributed by atoms with van der Waals surface area (Å²) in [5.74, 6) is 2.98. The molecule has 1 saturated carbocycles. The molecule has 0 nitrogen and oxygen atoms in total. The minimum atomic E-state index is 0.962. The van der Waals surface area contributed by atoms with Gasteiger partial charge in [0, 0.05) is 0 Å². The lowest BCUT2D eigenvalue weighted by atomic mass is 9.79. The lowest BCUT2D eigenvalue weighted by Crippen LogP contribution is -2.17. The Kier molecular flexibility index (Phi) is 3.84. The smallest absolute Gasteiger partial charge is 0.0202 e. The van der Waals surface area contributed by atoms with Crippen molar-refractivity contribution in [1.82, 2.24) is 0 Å². The zero-order valence-corrected chi connectivity index (χ0v) is 8.72. The zero-order valence-electron chi connectivity index (χ0n) is 8.72. The highest BCUT2D eigenvalue weighted by Crippen LogP contribution is 2.41. The van der Waals surface area contributed by atoms with Gasteiger partial charge in [-0.05, 0) is 37.0 Å². The predicted molar refractivity (Wildman–Crippen MR) is 55.1 cm³/mol. The van der Waals surface area contributed by atoms with Crippen LogP contribution in [0.1, 0.15) is 46.5 Å². The van der Waals surface area contributed by atoms with E-state index in [4.69, 9.17) is 0 Å². The molecule has 0 aromatic heterocycles. The Morgan fingerprint density at radius 3 is 2.58 bits per heavy atom. The van der Waals surface area contributed by atoms with E-state index >= 15 is 0 Å². The van der Waals surface area contributed by atoms with Crippen molar-refractivity contribution in [2.24, 2.45) is 17.8 Å². The summed E-state index contributed by atoms with van der Waals surface area (Å²) in [6, 6.07) is 0. The Balaban J connectivity index is 0.000000336. The maximum Gasteiger partial charge on any atom is -0.0202 e. The molecule has 3 unspecified atom stereocenters. The molecule has 2 rings (SSSR count). The van der Waals surface area contributed by atoms with Crippen molar-refractivity contribution >= 4 is 0 Å². The molecule has 0 aromatic carbocycles. The molecular formula is C12H22. The molecule has 0 aliphatic heterocycles. The fraction of sp³-hybridized carbons (Fsp3) is 0.833. The molecule has 0 amide bonds. The van der Waals surface area contributed by atoms with E-state index in [2.05, 4.69) is 19.1 Å². The van der Waals surface area contributed by atoms with Crippen molar-refractivity contribution in [2.75, 3.05) is 0 Å². The molecule has 1 fully saturated rings. The van der Waals surface area contributed by atoms with Gasteiger partial charge in [-0.2, -0.15) is 0 Å². The molecule has 0 aromatic rings. The molecule has 0 saturated heterocycles.